The van der Waals surface area contributed by atoms with E-state index in [4.69, 9.17) is 0 Å². The van der Waals surface area contributed by atoms with Gasteiger partial charge in [0.15, 0.2) is 0 Å². The molecule has 0 saturated heterocycles. The van der Waals surface area contributed by atoms with Gasteiger partial charge in [-0.05, 0) is 39.2 Å². The fraction of sp³-hybridized carbons (Fsp3) is 0.615. The predicted molar refractivity (Wildman–Crippen MR) is 60.2 cm³/mol. The molecule has 0 spiro atoms. The Bertz CT molecular complexity index is 284. The highest BCUT2D eigenvalue weighted by Crippen LogP contribution is 2.29. The van der Waals surface area contributed by atoms with Gasteiger partial charge in [-0.25, -0.2) is 0 Å². The summed E-state index contributed by atoms with van der Waals surface area (Å²) in [5.41, 5.74) is 3.54. The van der Waals surface area contributed by atoms with Gasteiger partial charge in [-0.2, -0.15) is 0 Å². The van der Waals surface area contributed by atoms with Gasteiger partial charge in [0.1, 0.15) is 5.78 Å². The molecule has 1 aliphatic carbocycles. The monoisotopic (exact) mass is 192 g/mol. The average molecular weight is 192 g/mol. The van der Waals surface area contributed by atoms with E-state index in [9.17, 15) is 4.79 Å². The van der Waals surface area contributed by atoms with Crippen molar-refractivity contribution in [3.8, 4) is 0 Å². The molecule has 1 fully saturated rings. The molecular formula is C13H20O. The molecule has 14 heavy (non-hydrogen) atoms. The molecule has 0 N–H and O–H groups in total. The Morgan fingerprint density at radius 1 is 1.29 bits per heavy atom. The van der Waals surface area contributed by atoms with Gasteiger partial charge in [0.25, 0.3) is 0 Å². The highest BCUT2D eigenvalue weighted by Gasteiger charge is 2.24. The van der Waals surface area contributed by atoms with E-state index >= 15 is 0 Å². The highest BCUT2D eigenvalue weighted by molar-refractivity contribution is 5.84. The van der Waals surface area contributed by atoms with Crippen LogP contribution < -0.4 is 0 Å². The first-order chi connectivity index (χ1) is 6.54. The molecule has 0 aromatic rings. The van der Waals surface area contributed by atoms with E-state index in [1.54, 1.807) is 0 Å². The Labute approximate surface area is 86.9 Å². The van der Waals surface area contributed by atoms with Gasteiger partial charge < -0.3 is 0 Å². The maximum Gasteiger partial charge on any atom is 0.140 e. The molecule has 0 bridgehead atoms. The molecule has 0 amide bonds. The van der Waals surface area contributed by atoms with Crippen LogP contribution in [0.4, 0.5) is 0 Å². The number of ketones is 1. The molecule has 78 valence electrons. The van der Waals surface area contributed by atoms with Crippen molar-refractivity contribution in [3.05, 3.63) is 23.3 Å². The van der Waals surface area contributed by atoms with Crippen LogP contribution in [0.2, 0.25) is 0 Å². The first-order valence-corrected chi connectivity index (χ1v) is 5.40. The molecule has 1 atom stereocenters. The van der Waals surface area contributed by atoms with Crippen LogP contribution in [-0.2, 0) is 4.79 Å². The minimum absolute atomic E-state index is 0.181. The number of carbonyl (C=O) groups excluding carboxylic acids is 1. The van der Waals surface area contributed by atoms with E-state index in [0.29, 0.717) is 5.78 Å². The van der Waals surface area contributed by atoms with Crippen molar-refractivity contribution < 1.29 is 4.79 Å². The Kier molecular flexibility index (Phi) is 3.68. The molecule has 1 heteroatoms. The van der Waals surface area contributed by atoms with Gasteiger partial charge >= 0.3 is 0 Å². The summed E-state index contributed by atoms with van der Waals surface area (Å²) in [4.78, 5) is 11.7. The van der Waals surface area contributed by atoms with Crippen molar-refractivity contribution in [1.82, 2.24) is 0 Å². The van der Waals surface area contributed by atoms with Gasteiger partial charge in [0.05, 0.1) is 0 Å². The molecule has 1 aliphatic rings. The zero-order chi connectivity index (χ0) is 10.7. The number of allylic oxidation sites excluding steroid dienone is 3. The molecule has 1 rings (SSSR count). The summed E-state index contributed by atoms with van der Waals surface area (Å²) >= 11 is 0. The van der Waals surface area contributed by atoms with E-state index in [0.717, 1.165) is 24.8 Å². The minimum Gasteiger partial charge on any atom is -0.299 e. The quantitative estimate of drug-likeness (QED) is 0.610. The van der Waals surface area contributed by atoms with Gasteiger partial charge in [0, 0.05) is 12.3 Å². The lowest BCUT2D eigenvalue weighted by molar-refractivity contribution is -0.123. The number of carbonyl (C=O) groups is 1. The van der Waals surface area contributed by atoms with Crippen LogP contribution in [0.3, 0.4) is 0 Å². The second kappa shape index (κ2) is 4.59. The second-order valence-electron chi connectivity index (χ2n) is 4.35. The SMILES string of the molecule is C=C(C)/C(C)=C(\C)C1CCCCC1=O. The molecule has 0 radical (unpaired) electrons. The molecule has 0 aromatic heterocycles. The fourth-order valence-electron chi connectivity index (χ4n) is 2.04. The van der Waals surface area contributed by atoms with Crippen LogP contribution in [0, 0.1) is 5.92 Å². The minimum atomic E-state index is 0.181. The molecule has 1 unspecified atom stereocenters. The summed E-state index contributed by atoms with van der Waals surface area (Å²) in [7, 11) is 0. The maximum atomic E-state index is 11.7. The Hall–Kier alpha value is -0.850. The summed E-state index contributed by atoms with van der Waals surface area (Å²) < 4.78 is 0. The summed E-state index contributed by atoms with van der Waals surface area (Å²) in [5.74, 6) is 0.606. The average Bonchev–Trinajstić information content (AvgIpc) is 2.16. The molecular weight excluding hydrogens is 172 g/mol. The van der Waals surface area contributed by atoms with Gasteiger partial charge in [0.2, 0.25) is 0 Å². The van der Waals surface area contributed by atoms with Gasteiger partial charge in [-0.15, -0.1) is 0 Å². The van der Waals surface area contributed by atoms with Crippen LogP contribution in [0.1, 0.15) is 46.5 Å². The van der Waals surface area contributed by atoms with Crippen molar-refractivity contribution in [2.24, 2.45) is 5.92 Å². The lowest BCUT2D eigenvalue weighted by atomic mass is 9.81. The zero-order valence-corrected chi connectivity index (χ0v) is 9.52. The third-order valence-electron chi connectivity index (χ3n) is 3.31. The van der Waals surface area contributed by atoms with E-state index in [1.807, 2.05) is 6.92 Å². The molecule has 0 aliphatic heterocycles. The second-order valence-corrected chi connectivity index (χ2v) is 4.35. The van der Waals surface area contributed by atoms with Crippen LogP contribution >= 0.6 is 0 Å². The smallest absolute Gasteiger partial charge is 0.140 e. The van der Waals surface area contributed by atoms with E-state index < -0.39 is 0 Å². The van der Waals surface area contributed by atoms with E-state index in [2.05, 4.69) is 20.4 Å². The maximum absolute atomic E-state index is 11.7. The normalized spacial score (nSPS) is 24.5. The Morgan fingerprint density at radius 3 is 2.43 bits per heavy atom. The molecule has 0 aromatic carbocycles. The molecule has 0 heterocycles. The van der Waals surface area contributed by atoms with Crippen LogP contribution in [0.5, 0.6) is 0 Å². The topological polar surface area (TPSA) is 17.1 Å². The van der Waals surface area contributed by atoms with Crippen molar-refractivity contribution in [3.63, 3.8) is 0 Å². The summed E-state index contributed by atoms with van der Waals surface area (Å²) in [6, 6.07) is 0. The highest BCUT2D eigenvalue weighted by atomic mass is 16.1. The van der Waals surface area contributed by atoms with Crippen molar-refractivity contribution >= 4 is 5.78 Å². The van der Waals surface area contributed by atoms with E-state index in [-0.39, 0.29) is 5.92 Å². The Morgan fingerprint density at radius 2 is 1.93 bits per heavy atom. The van der Waals surface area contributed by atoms with Crippen LogP contribution in [0.25, 0.3) is 0 Å². The lowest BCUT2D eigenvalue weighted by Gasteiger charge is -2.23. The summed E-state index contributed by atoms with van der Waals surface area (Å²) in [5, 5.41) is 0. The zero-order valence-electron chi connectivity index (χ0n) is 9.52. The van der Waals surface area contributed by atoms with Gasteiger partial charge in [-0.3, -0.25) is 4.79 Å². The van der Waals surface area contributed by atoms with Crippen molar-refractivity contribution in [2.45, 2.75) is 46.5 Å². The number of Topliss-reactive ketones (excluding diaryl/α,β-unsaturated/α-hetero) is 1. The summed E-state index contributed by atoms with van der Waals surface area (Å²) in [6.07, 6.45) is 4.08. The third-order valence-corrected chi connectivity index (χ3v) is 3.31. The number of rotatable bonds is 2. The lowest BCUT2D eigenvalue weighted by Crippen LogP contribution is -2.20. The van der Waals surface area contributed by atoms with Gasteiger partial charge in [-0.1, -0.05) is 24.1 Å². The Balaban J connectivity index is 2.86. The summed E-state index contributed by atoms with van der Waals surface area (Å²) in [6.45, 7) is 10.1. The largest absolute Gasteiger partial charge is 0.299 e. The van der Waals surface area contributed by atoms with Crippen LogP contribution in [0.15, 0.2) is 23.3 Å². The first-order valence-electron chi connectivity index (χ1n) is 5.40. The number of hydrogen-bond donors (Lipinski definition) is 0. The molecule has 1 saturated carbocycles. The number of hydrogen-bond acceptors (Lipinski definition) is 1. The predicted octanol–water partition coefficient (Wildman–Crippen LogP) is 3.66. The van der Waals surface area contributed by atoms with E-state index in [1.165, 1.54) is 17.6 Å². The third kappa shape index (κ3) is 2.34. The first kappa shape index (κ1) is 11.2. The fourth-order valence-corrected chi connectivity index (χ4v) is 2.04. The van der Waals surface area contributed by atoms with Crippen molar-refractivity contribution in [1.29, 1.82) is 0 Å². The van der Waals surface area contributed by atoms with Crippen molar-refractivity contribution in [2.75, 3.05) is 0 Å². The van der Waals surface area contributed by atoms with Crippen LogP contribution in [-0.4, -0.2) is 5.78 Å². The molecule has 1 nitrogen and oxygen atoms in total. The standard InChI is InChI=1S/C13H20O/c1-9(2)10(3)11(4)12-7-5-6-8-13(12)14/h12H,1,5-8H2,2-4H3/b11-10+.